The number of piperidine rings is 1. The zero-order chi connectivity index (χ0) is 23.7. The van der Waals surface area contributed by atoms with Crippen LogP contribution in [-0.2, 0) is 26.0 Å². The molecule has 1 aliphatic rings. The van der Waals surface area contributed by atoms with E-state index in [0.717, 1.165) is 4.90 Å². The summed E-state index contributed by atoms with van der Waals surface area (Å²) in [4.78, 5) is 10.0. The molecule has 0 spiro atoms. The molecular weight excluding hydrogens is 473 g/mol. The molecule has 2 N–H and O–H groups in total. The van der Waals surface area contributed by atoms with Crippen molar-refractivity contribution in [3.63, 3.8) is 0 Å². The minimum absolute atomic E-state index is 0.173. The van der Waals surface area contributed by atoms with Gasteiger partial charge in [0.25, 0.3) is 0 Å². The Hall–Kier alpha value is -2.64. The van der Waals surface area contributed by atoms with Crippen LogP contribution in [0.3, 0.4) is 0 Å². The predicted octanol–water partition coefficient (Wildman–Crippen LogP) is 2.96. The maximum absolute atomic E-state index is 13.5. The van der Waals surface area contributed by atoms with Crippen molar-refractivity contribution >= 4 is 26.0 Å². The third-order valence-electron chi connectivity index (χ3n) is 4.93. The average molecular weight is 492 g/mol. The number of likely N-dealkylation sites (tertiary alicyclic amines) is 1. The molecule has 0 saturated carbocycles. The molecule has 0 bridgehead atoms. The van der Waals surface area contributed by atoms with Gasteiger partial charge in [0.15, 0.2) is 0 Å². The Balaban J connectivity index is 2.05. The molecule has 1 amide bonds. The lowest BCUT2D eigenvalue weighted by Crippen LogP contribution is -2.49. The van der Waals surface area contributed by atoms with Crippen molar-refractivity contribution in [1.82, 2.24) is 9.62 Å². The van der Waals surface area contributed by atoms with E-state index in [1.165, 1.54) is 24.3 Å². The number of hydrogen-bond donors (Lipinski definition) is 2. The molecule has 3 rings (SSSR count). The lowest BCUT2D eigenvalue weighted by molar-refractivity contribution is -0.139. The van der Waals surface area contributed by atoms with Gasteiger partial charge in [0.2, 0.25) is 19.9 Å². The highest BCUT2D eigenvalue weighted by molar-refractivity contribution is 7.91. The number of hydrogen-bond acceptors (Lipinski definition) is 5. The van der Waals surface area contributed by atoms with E-state index in [2.05, 4.69) is 4.72 Å². The molecule has 1 heterocycles. The molecule has 1 saturated heterocycles. The highest BCUT2D eigenvalue weighted by Crippen LogP contribution is 2.36. The normalized spacial score (nSPS) is 17.8. The van der Waals surface area contributed by atoms with Crippen LogP contribution in [0, 0.1) is 0 Å². The average Bonchev–Trinajstić information content (AvgIpc) is 2.73. The van der Waals surface area contributed by atoms with Gasteiger partial charge in [0.1, 0.15) is 0 Å². The van der Waals surface area contributed by atoms with Crippen LogP contribution >= 0.6 is 0 Å². The van der Waals surface area contributed by atoms with Gasteiger partial charge >= 0.3 is 12.3 Å². The molecule has 13 heteroatoms. The zero-order valence-corrected chi connectivity index (χ0v) is 18.0. The van der Waals surface area contributed by atoms with Gasteiger partial charge in [-0.2, -0.15) is 13.2 Å². The molecule has 0 unspecified atom stereocenters. The number of amides is 1. The van der Waals surface area contributed by atoms with Crippen LogP contribution in [0.5, 0.6) is 0 Å². The number of alkyl halides is 3. The molecule has 2 aromatic rings. The first-order chi connectivity index (χ1) is 14.8. The van der Waals surface area contributed by atoms with E-state index in [1.807, 2.05) is 0 Å². The lowest BCUT2D eigenvalue weighted by Gasteiger charge is -2.31. The molecular formula is C19H19F3N2O6S2. The molecule has 1 fully saturated rings. The van der Waals surface area contributed by atoms with E-state index >= 15 is 0 Å². The van der Waals surface area contributed by atoms with Gasteiger partial charge in [-0.05, 0) is 43.2 Å². The topological polar surface area (TPSA) is 121 Å². The molecule has 0 aromatic heterocycles. The van der Waals surface area contributed by atoms with Crippen molar-refractivity contribution in [2.75, 3.05) is 13.1 Å². The van der Waals surface area contributed by atoms with Crippen molar-refractivity contribution in [2.24, 2.45) is 0 Å². The molecule has 1 atom stereocenters. The van der Waals surface area contributed by atoms with Crippen molar-refractivity contribution in [2.45, 2.75) is 39.7 Å². The highest BCUT2D eigenvalue weighted by Gasteiger charge is 2.39. The number of sulfonamides is 1. The fourth-order valence-electron chi connectivity index (χ4n) is 3.39. The first-order valence-corrected chi connectivity index (χ1v) is 12.3. The summed E-state index contributed by atoms with van der Waals surface area (Å²) in [6, 6.07) is 7.51. The van der Waals surface area contributed by atoms with Crippen LogP contribution in [0.25, 0.3) is 0 Å². The largest absolute Gasteiger partial charge is 0.465 e. The molecule has 174 valence electrons. The summed E-state index contributed by atoms with van der Waals surface area (Å²) >= 11 is 0. The van der Waals surface area contributed by atoms with Crippen LogP contribution in [0.4, 0.5) is 18.0 Å². The van der Waals surface area contributed by atoms with Crippen LogP contribution in [0.15, 0.2) is 63.2 Å². The summed E-state index contributed by atoms with van der Waals surface area (Å²) in [5.41, 5.74) is -1.53. The van der Waals surface area contributed by atoms with E-state index < -0.39 is 53.5 Å². The zero-order valence-electron chi connectivity index (χ0n) is 16.4. The number of nitrogens with one attached hydrogen (secondary N) is 1. The Labute approximate surface area is 182 Å². The SMILES string of the molecule is O=C(O)N1CCC[C@H](NS(=O)(=O)c2cc(S(=O)(=O)c3ccccc3)ccc2C(F)(F)F)C1. The van der Waals surface area contributed by atoms with Gasteiger partial charge < -0.3 is 10.0 Å². The molecule has 8 nitrogen and oxygen atoms in total. The van der Waals surface area contributed by atoms with E-state index in [4.69, 9.17) is 5.11 Å². The van der Waals surface area contributed by atoms with Crippen molar-refractivity contribution in [3.05, 3.63) is 54.1 Å². The number of benzene rings is 2. The van der Waals surface area contributed by atoms with Crippen LogP contribution in [-0.4, -0.2) is 52.1 Å². The monoisotopic (exact) mass is 492 g/mol. The fraction of sp³-hybridized carbons (Fsp3) is 0.316. The Morgan fingerprint density at radius 3 is 2.28 bits per heavy atom. The maximum Gasteiger partial charge on any atom is 0.417 e. The number of halogens is 3. The molecule has 0 radical (unpaired) electrons. The van der Waals surface area contributed by atoms with Crippen molar-refractivity contribution in [3.8, 4) is 0 Å². The summed E-state index contributed by atoms with van der Waals surface area (Å²) in [5, 5.41) is 9.09. The first-order valence-electron chi connectivity index (χ1n) is 9.34. The third-order valence-corrected chi connectivity index (χ3v) is 8.25. The summed E-state index contributed by atoms with van der Waals surface area (Å²) in [7, 11) is -9.12. The van der Waals surface area contributed by atoms with Crippen LogP contribution in [0.2, 0.25) is 0 Å². The van der Waals surface area contributed by atoms with Crippen LogP contribution < -0.4 is 4.72 Å². The number of rotatable bonds is 5. The first kappa shape index (κ1) is 24.0. The third kappa shape index (κ3) is 5.05. The maximum atomic E-state index is 13.5. The van der Waals surface area contributed by atoms with Crippen molar-refractivity contribution in [1.29, 1.82) is 0 Å². The number of nitrogens with zero attached hydrogens (tertiary/aromatic N) is 1. The smallest absolute Gasteiger partial charge is 0.417 e. The predicted molar refractivity (Wildman–Crippen MR) is 106 cm³/mol. The van der Waals surface area contributed by atoms with Gasteiger partial charge in [-0.25, -0.2) is 26.4 Å². The summed E-state index contributed by atoms with van der Waals surface area (Å²) in [6.45, 7) is -0.0654. The second-order valence-corrected chi connectivity index (χ2v) is 10.8. The number of sulfone groups is 1. The van der Waals surface area contributed by atoms with Gasteiger partial charge in [0.05, 0.1) is 20.2 Å². The minimum atomic E-state index is -5.07. The highest BCUT2D eigenvalue weighted by atomic mass is 32.2. The summed E-state index contributed by atoms with van der Waals surface area (Å²) < 4.78 is 94.1. The van der Waals surface area contributed by atoms with E-state index in [9.17, 15) is 34.8 Å². The lowest BCUT2D eigenvalue weighted by atomic mass is 10.1. The van der Waals surface area contributed by atoms with Crippen LogP contribution in [0.1, 0.15) is 18.4 Å². The summed E-state index contributed by atoms with van der Waals surface area (Å²) in [6.07, 6.45) is -5.82. The fourth-order valence-corrected chi connectivity index (χ4v) is 6.29. The Kier molecular flexibility index (Phi) is 6.54. The van der Waals surface area contributed by atoms with E-state index in [0.29, 0.717) is 24.6 Å². The second kappa shape index (κ2) is 8.71. The molecule has 0 aliphatic carbocycles. The number of carboxylic acid groups (broad SMARTS) is 1. The molecule has 1 aliphatic heterocycles. The van der Waals surface area contributed by atoms with Gasteiger partial charge in [0, 0.05) is 19.1 Å². The van der Waals surface area contributed by atoms with Gasteiger partial charge in [-0.3, -0.25) is 0 Å². The second-order valence-electron chi connectivity index (χ2n) is 7.16. The molecule has 32 heavy (non-hydrogen) atoms. The Bertz CT molecular complexity index is 1220. The van der Waals surface area contributed by atoms with Gasteiger partial charge in [-0.15, -0.1) is 0 Å². The van der Waals surface area contributed by atoms with Crippen molar-refractivity contribution < 1.29 is 39.9 Å². The van der Waals surface area contributed by atoms with E-state index in [1.54, 1.807) is 6.07 Å². The van der Waals surface area contributed by atoms with Gasteiger partial charge in [-0.1, -0.05) is 18.2 Å². The standard InChI is InChI=1S/C19H19F3N2O6S2/c20-19(21,22)16-9-8-15(31(27,28)14-6-2-1-3-7-14)11-17(16)32(29,30)23-13-5-4-10-24(12-13)18(25)26/h1-3,6-9,11,13,23H,4-5,10,12H2,(H,25,26)/t13-/m0/s1. The number of carbonyl (C=O) groups is 1. The van der Waals surface area contributed by atoms with E-state index in [-0.39, 0.29) is 24.4 Å². The Morgan fingerprint density at radius 1 is 1.03 bits per heavy atom. The quantitative estimate of drug-likeness (QED) is 0.662. The Morgan fingerprint density at radius 2 is 1.69 bits per heavy atom. The molecule has 2 aromatic carbocycles. The summed E-state index contributed by atoms with van der Waals surface area (Å²) in [5.74, 6) is 0. The minimum Gasteiger partial charge on any atom is -0.465 e.